The van der Waals surface area contributed by atoms with Crippen LogP contribution in [0.1, 0.15) is 24.5 Å². The zero-order valence-corrected chi connectivity index (χ0v) is 16.6. The van der Waals surface area contributed by atoms with Crippen LogP contribution < -0.4 is 14.8 Å². The number of carbonyl (C=O) groups excluding carboxylic acids is 2. The summed E-state index contributed by atoms with van der Waals surface area (Å²) in [5.41, 5.74) is 1.71. The lowest BCUT2D eigenvalue weighted by atomic mass is 10.1. The molecule has 0 radical (unpaired) electrons. The maximum absolute atomic E-state index is 13.2. The van der Waals surface area contributed by atoms with Crippen LogP contribution in [0.4, 0.5) is 4.39 Å². The fourth-order valence-electron chi connectivity index (χ4n) is 3.22. The lowest BCUT2D eigenvalue weighted by molar-refractivity contribution is -0.140. The predicted octanol–water partition coefficient (Wildman–Crippen LogP) is 2.69. The van der Waals surface area contributed by atoms with E-state index in [1.165, 1.54) is 24.1 Å². The van der Waals surface area contributed by atoms with Crippen LogP contribution in [0, 0.1) is 5.82 Å². The van der Waals surface area contributed by atoms with E-state index in [9.17, 15) is 14.0 Å². The van der Waals surface area contributed by atoms with E-state index in [1.807, 2.05) is 18.2 Å². The molecule has 2 amide bonds. The number of likely N-dealkylation sites (N-methyl/N-ethyl adjacent to an activating group) is 1. The second-order valence-electron chi connectivity index (χ2n) is 6.92. The van der Waals surface area contributed by atoms with Crippen LogP contribution in [0.15, 0.2) is 42.5 Å². The van der Waals surface area contributed by atoms with Gasteiger partial charge in [-0.25, -0.2) is 4.39 Å². The molecule has 3 rings (SSSR count). The molecule has 0 saturated carbocycles. The molecule has 0 unspecified atom stereocenters. The highest BCUT2D eigenvalue weighted by molar-refractivity contribution is 5.87. The van der Waals surface area contributed by atoms with Gasteiger partial charge in [0, 0.05) is 20.0 Å². The first-order valence-electron chi connectivity index (χ1n) is 9.62. The number of fused-ring (bicyclic) bond motifs is 1. The van der Waals surface area contributed by atoms with Gasteiger partial charge in [0.2, 0.25) is 11.8 Å². The van der Waals surface area contributed by atoms with Crippen LogP contribution in [0.5, 0.6) is 11.5 Å². The molecule has 1 atom stereocenters. The van der Waals surface area contributed by atoms with Gasteiger partial charge in [0.1, 0.15) is 25.1 Å². The van der Waals surface area contributed by atoms with Gasteiger partial charge in [0.25, 0.3) is 0 Å². The summed E-state index contributed by atoms with van der Waals surface area (Å²) in [4.78, 5) is 26.6. The molecule has 0 spiro atoms. The molecule has 0 aromatic heterocycles. The molecule has 7 heteroatoms. The van der Waals surface area contributed by atoms with Crippen molar-refractivity contribution in [2.45, 2.75) is 32.4 Å². The third-order valence-electron chi connectivity index (χ3n) is 4.91. The lowest BCUT2D eigenvalue weighted by Gasteiger charge is -2.28. The van der Waals surface area contributed by atoms with Crippen LogP contribution in [-0.2, 0) is 22.6 Å². The lowest BCUT2D eigenvalue weighted by Crippen LogP contribution is -2.46. The molecular weight excluding hydrogens is 375 g/mol. The van der Waals surface area contributed by atoms with E-state index >= 15 is 0 Å². The Balaban J connectivity index is 1.70. The summed E-state index contributed by atoms with van der Waals surface area (Å²) in [6.45, 7) is 2.95. The summed E-state index contributed by atoms with van der Waals surface area (Å²) in [6.07, 6.45) is 0.748. The Bertz CT molecular complexity index is 870. The molecule has 1 heterocycles. The number of carbonyl (C=O) groups is 2. The average molecular weight is 400 g/mol. The Morgan fingerprint density at radius 1 is 1.07 bits per heavy atom. The standard InChI is InChI=1S/C22H25FN2O4/c1-15(22(27)24-2)25(14-17-3-7-18(23)8-4-17)21(26)10-6-16-5-9-19-20(13-16)29-12-11-28-19/h3-5,7-9,13,15H,6,10-12,14H2,1-2H3,(H,24,27)/t15-/m0/s1. The minimum atomic E-state index is -0.641. The highest BCUT2D eigenvalue weighted by atomic mass is 19.1. The zero-order valence-electron chi connectivity index (χ0n) is 16.6. The van der Waals surface area contributed by atoms with Gasteiger partial charge in [-0.1, -0.05) is 18.2 Å². The van der Waals surface area contributed by atoms with Crippen molar-refractivity contribution in [3.63, 3.8) is 0 Å². The molecule has 1 N–H and O–H groups in total. The van der Waals surface area contributed by atoms with Crippen LogP contribution in [0.25, 0.3) is 0 Å². The molecule has 0 saturated heterocycles. The van der Waals surface area contributed by atoms with Crippen molar-refractivity contribution in [3.05, 3.63) is 59.4 Å². The van der Waals surface area contributed by atoms with E-state index < -0.39 is 6.04 Å². The van der Waals surface area contributed by atoms with E-state index in [1.54, 1.807) is 19.1 Å². The first kappa shape index (κ1) is 20.6. The summed E-state index contributed by atoms with van der Waals surface area (Å²) in [7, 11) is 1.54. The molecule has 1 aliphatic rings. The summed E-state index contributed by atoms with van der Waals surface area (Å²) in [5.74, 6) is 0.644. The number of nitrogens with zero attached hydrogens (tertiary/aromatic N) is 1. The zero-order chi connectivity index (χ0) is 20.8. The van der Waals surface area contributed by atoms with Crippen molar-refractivity contribution < 1.29 is 23.5 Å². The third kappa shape index (κ3) is 5.25. The largest absolute Gasteiger partial charge is 0.486 e. The fraction of sp³-hybridized carbons (Fsp3) is 0.364. The normalized spacial score (nSPS) is 13.5. The van der Waals surface area contributed by atoms with Crippen molar-refractivity contribution in [1.82, 2.24) is 10.2 Å². The van der Waals surface area contributed by atoms with Crippen molar-refractivity contribution >= 4 is 11.8 Å². The highest BCUT2D eigenvalue weighted by Crippen LogP contribution is 2.31. The van der Waals surface area contributed by atoms with Crippen molar-refractivity contribution in [2.75, 3.05) is 20.3 Å². The number of halogens is 1. The first-order valence-corrected chi connectivity index (χ1v) is 9.62. The van der Waals surface area contributed by atoms with Gasteiger partial charge in [-0.05, 0) is 48.7 Å². The van der Waals surface area contributed by atoms with Crippen LogP contribution in [0.2, 0.25) is 0 Å². The number of rotatable bonds is 7. The molecule has 29 heavy (non-hydrogen) atoms. The maximum Gasteiger partial charge on any atom is 0.242 e. The topological polar surface area (TPSA) is 67.9 Å². The molecule has 2 aromatic carbocycles. The average Bonchev–Trinajstić information content (AvgIpc) is 2.75. The summed E-state index contributed by atoms with van der Waals surface area (Å²) in [6, 6.07) is 10.9. The van der Waals surface area contributed by atoms with E-state index in [2.05, 4.69) is 5.32 Å². The second kappa shape index (κ2) is 9.41. The van der Waals surface area contributed by atoms with Gasteiger partial charge in [0.05, 0.1) is 0 Å². The number of benzene rings is 2. The van der Waals surface area contributed by atoms with Crippen LogP contribution >= 0.6 is 0 Å². The first-order chi connectivity index (χ1) is 14.0. The molecule has 154 valence electrons. The number of hydrogen-bond donors (Lipinski definition) is 1. The Kier molecular flexibility index (Phi) is 6.69. The van der Waals surface area contributed by atoms with E-state index in [-0.39, 0.29) is 30.6 Å². The summed E-state index contributed by atoms with van der Waals surface area (Å²) >= 11 is 0. The molecule has 6 nitrogen and oxygen atoms in total. The van der Waals surface area contributed by atoms with Gasteiger partial charge in [-0.3, -0.25) is 9.59 Å². The van der Waals surface area contributed by atoms with E-state index in [0.717, 1.165) is 11.1 Å². The molecule has 0 bridgehead atoms. The van der Waals surface area contributed by atoms with Crippen LogP contribution in [-0.4, -0.2) is 43.0 Å². The monoisotopic (exact) mass is 400 g/mol. The van der Waals surface area contributed by atoms with Crippen molar-refractivity contribution in [2.24, 2.45) is 0 Å². The number of hydrogen-bond acceptors (Lipinski definition) is 4. The number of ether oxygens (including phenoxy) is 2. The Morgan fingerprint density at radius 3 is 2.41 bits per heavy atom. The minimum absolute atomic E-state index is 0.152. The van der Waals surface area contributed by atoms with Gasteiger partial charge < -0.3 is 19.7 Å². The van der Waals surface area contributed by atoms with Gasteiger partial charge >= 0.3 is 0 Å². The number of aryl methyl sites for hydroxylation is 1. The molecule has 2 aromatic rings. The minimum Gasteiger partial charge on any atom is -0.486 e. The molecule has 0 fully saturated rings. The Labute approximate surface area is 169 Å². The third-order valence-corrected chi connectivity index (χ3v) is 4.91. The SMILES string of the molecule is CNC(=O)[C@H](C)N(Cc1ccc(F)cc1)C(=O)CCc1ccc2c(c1)OCCO2. The molecular formula is C22H25FN2O4. The smallest absolute Gasteiger partial charge is 0.242 e. The maximum atomic E-state index is 13.2. The Morgan fingerprint density at radius 2 is 1.72 bits per heavy atom. The highest BCUT2D eigenvalue weighted by Gasteiger charge is 2.25. The summed E-state index contributed by atoms with van der Waals surface area (Å²) < 4.78 is 24.3. The van der Waals surface area contributed by atoms with Gasteiger partial charge in [-0.15, -0.1) is 0 Å². The van der Waals surface area contributed by atoms with Crippen molar-refractivity contribution in [3.8, 4) is 11.5 Å². The van der Waals surface area contributed by atoms with E-state index in [0.29, 0.717) is 31.1 Å². The van der Waals surface area contributed by atoms with E-state index in [4.69, 9.17) is 9.47 Å². The number of amides is 2. The molecule has 1 aliphatic heterocycles. The van der Waals surface area contributed by atoms with Crippen LogP contribution in [0.3, 0.4) is 0 Å². The fourth-order valence-corrected chi connectivity index (χ4v) is 3.22. The second-order valence-corrected chi connectivity index (χ2v) is 6.92. The van der Waals surface area contributed by atoms with Gasteiger partial charge in [0.15, 0.2) is 11.5 Å². The molecule has 0 aliphatic carbocycles. The van der Waals surface area contributed by atoms with Crippen molar-refractivity contribution in [1.29, 1.82) is 0 Å². The predicted molar refractivity (Wildman–Crippen MR) is 106 cm³/mol. The quantitative estimate of drug-likeness (QED) is 0.776. The Hall–Kier alpha value is -3.09. The summed E-state index contributed by atoms with van der Waals surface area (Å²) in [5, 5.41) is 2.58. The number of nitrogens with one attached hydrogen (secondary N) is 1. The van der Waals surface area contributed by atoms with Gasteiger partial charge in [-0.2, -0.15) is 0 Å².